The van der Waals surface area contributed by atoms with E-state index in [4.69, 9.17) is 16.3 Å². The maximum absolute atomic E-state index is 13.4. The van der Waals surface area contributed by atoms with Crippen molar-refractivity contribution in [2.24, 2.45) is 0 Å². The quantitative estimate of drug-likeness (QED) is 0.492. The monoisotopic (exact) mass is 487 g/mol. The molecule has 2 amide bonds. The minimum absolute atomic E-state index is 0.116. The third kappa shape index (κ3) is 5.64. The summed E-state index contributed by atoms with van der Waals surface area (Å²) in [6, 6.07) is 11.5. The standard InChI is InChI=1S/C23H26ClN5O5/c24-19-3-1-2-4-20(19)25-22(30)16-26-7-9-28(10-8-26)23(31)18-15-17(29(32)33)5-6-21(18)27-11-13-34-14-12-27/h1-6,15H,7-14,16H2,(H,25,30). The topological polar surface area (TPSA) is 108 Å². The number of halogens is 1. The highest BCUT2D eigenvalue weighted by Gasteiger charge is 2.28. The predicted octanol–water partition coefficient (Wildman–Crippen LogP) is 2.48. The van der Waals surface area contributed by atoms with Crippen LogP contribution >= 0.6 is 11.6 Å². The Morgan fingerprint density at radius 2 is 1.74 bits per heavy atom. The number of ether oxygens (including phenoxy) is 1. The molecule has 0 aliphatic carbocycles. The van der Waals surface area contributed by atoms with E-state index in [0.717, 1.165) is 0 Å². The van der Waals surface area contributed by atoms with E-state index in [0.29, 0.717) is 74.4 Å². The Bertz CT molecular complexity index is 1070. The number of carbonyl (C=O) groups excluding carboxylic acids is 2. The predicted molar refractivity (Wildman–Crippen MR) is 129 cm³/mol. The van der Waals surface area contributed by atoms with Gasteiger partial charge in [-0.3, -0.25) is 24.6 Å². The number of amides is 2. The minimum Gasteiger partial charge on any atom is -0.378 e. The fraction of sp³-hybridized carbons (Fsp3) is 0.391. The van der Waals surface area contributed by atoms with E-state index in [1.54, 1.807) is 35.2 Å². The molecule has 2 aliphatic heterocycles. The van der Waals surface area contributed by atoms with E-state index in [1.165, 1.54) is 12.1 Å². The van der Waals surface area contributed by atoms with Crippen molar-refractivity contribution in [1.82, 2.24) is 9.80 Å². The van der Waals surface area contributed by atoms with Crippen LogP contribution in [0.1, 0.15) is 10.4 Å². The lowest BCUT2D eigenvalue weighted by Gasteiger charge is -2.36. The van der Waals surface area contributed by atoms with Crippen molar-refractivity contribution in [1.29, 1.82) is 0 Å². The Hall–Kier alpha value is -3.21. The molecule has 0 spiro atoms. The van der Waals surface area contributed by atoms with Gasteiger partial charge in [-0.15, -0.1) is 0 Å². The molecule has 2 aromatic carbocycles. The summed E-state index contributed by atoms with van der Waals surface area (Å²) in [5, 5.41) is 14.6. The van der Waals surface area contributed by atoms with Gasteiger partial charge in [0, 0.05) is 51.4 Å². The highest BCUT2D eigenvalue weighted by molar-refractivity contribution is 6.33. The molecule has 10 nitrogen and oxygen atoms in total. The molecule has 1 N–H and O–H groups in total. The molecular weight excluding hydrogens is 462 g/mol. The summed E-state index contributed by atoms with van der Waals surface area (Å²) in [6.07, 6.45) is 0. The highest BCUT2D eigenvalue weighted by Crippen LogP contribution is 2.28. The number of benzene rings is 2. The van der Waals surface area contributed by atoms with Crippen LogP contribution in [0.3, 0.4) is 0 Å². The molecule has 34 heavy (non-hydrogen) atoms. The molecular formula is C23H26ClN5O5. The SMILES string of the molecule is O=C(CN1CCN(C(=O)c2cc([N+](=O)[O-])ccc2N2CCOCC2)CC1)Nc1ccccc1Cl. The van der Waals surface area contributed by atoms with E-state index in [9.17, 15) is 19.7 Å². The van der Waals surface area contributed by atoms with Crippen LogP contribution in [0.15, 0.2) is 42.5 Å². The number of para-hydroxylation sites is 1. The van der Waals surface area contributed by atoms with Gasteiger partial charge in [0.15, 0.2) is 0 Å². The van der Waals surface area contributed by atoms with Crippen LogP contribution in [0.4, 0.5) is 17.1 Å². The van der Waals surface area contributed by atoms with E-state index in [-0.39, 0.29) is 24.0 Å². The minimum atomic E-state index is -0.491. The number of nitrogens with zero attached hydrogens (tertiary/aromatic N) is 4. The third-order valence-electron chi connectivity index (χ3n) is 5.95. The van der Waals surface area contributed by atoms with Crippen molar-refractivity contribution in [2.75, 3.05) is 69.2 Å². The van der Waals surface area contributed by atoms with Gasteiger partial charge < -0.3 is 19.9 Å². The van der Waals surface area contributed by atoms with E-state index < -0.39 is 4.92 Å². The first-order valence-electron chi connectivity index (χ1n) is 11.1. The van der Waals surface area contributed by atoms with Gasteiger partial charge in [-0.2, -0.15) is 0 Å². The molecule has 11 heteroatoms. The Morgan fingerprint density at radius 3 is 2.41 bits per heavy atom. The van der Waals surface area contributed by atoms with Gasteiger partial charge in [0.2, 0.25) is 5.91 Å². The third-order valence-corrected chi connectivity index (χ3v) is 6.28. The zero-order valence-corrected chi connectivity index (χ0v) is 19.4. The molecule has 2 saturated heterocycles. The normalized spacial score (nSPS) is 16.9. The van der Waals surface area contributed by atoms with Crippen LogP contribution in [0.2, 0.25) is 5.02 Å². The lowest BCUT2D eigenvalue weighted by atomic mass is 10.1. The average Bonchev–Trinajstić information content (AvgIpc) is 2.85. The fourth-order valence-electron chi connectivity index (χ4n) is 4.12. The van der Waals surface area contributed by atoms with Crippen LogP contribution < -0.4 is 10.2 Å². The van der Waals surface area contributed by atoms with E-state index in [1.807, 2.05) is 9.80 Å². The number of rotatable bonds is 6. The zero-order valence-electron chi connectivity index (χ0n) is 18.6. The average molecular weight is 488 g/mol. The summed E-state index contributed by atoms with van der Waals surface area (Å²) >= 11 is 6.10. The molecule has 2 heterocycles. The molecule has 4 rings (SSSR count). The Morgan fingerprint density at radius 1 is 1.03 bits per heavy atom. The summed E-state index contributed by atoms with van der Waals surface area (Å²) < 4.78 is 5.40. The number of nitrogens with one attached hydrogen (secondary N) is 1. The number of non-ortho nitro benzene ring substituents is 1. The zero-order chi connectivity index (χ0) is 24.1. The van der Waals surface area contributed by atoms with Crippen LogP contribution in [0.25, 0.3) is 0 Å². The molecule has 0 atom stereocenters. The van der Waals surface area contributed by atoms with Gasteiger partial charge >= 0.3 is 0 Å². The molecule has 180 valence electrons. The van der Waals surface area contributed by atoms with Crippen LogP contribution in [0, 0.1) is 10.1 Å². The Kier molecular flexibility index (Phi) is 7.61. The molecule has 2 aliphatic rings. The Labute approximate surface area is 202 Å². The van der Waals surface area contributed by atoms with Gasteiger partial charge in [-0.05, 0) is 18.2 Å². The number of morpholine rings is 1. The second-order valence-corrected chi connectivity index (χ2v) is 8.56. The first-order chi connectivity index (χ1) is 16.4. The summed E-state index contributed by atoms with van der Waals surface area (Å²) in [4.78, 5) is 42.3. The van der Waals surface area contributed by atoms with Crippen LogP contribution in [-0.4, -0.2) is 85.6 Å². The number of nitro benzene ring substituents is 1. The first-order valence-corrected chi connectivity index (χ1v) is 11.5. The summed E-state index contributed by atoms with van der Waals surface area (Å²) in [5.41, 5.74) is 1.45. The maximum Gasteiger partial charge on any atom is 0.270 e. The smallest absolute Gasteiger partial charge is 0.270 e. The second kappa shape index (κ2) is 10.8. The van der Waals surface area contributed by atoms with Gasteiger partial charge in [-0.1, -0.05) is 23.7 Å². The summed E-state index contributed by atoms with van der Waals surface area (Å²) in [7, 11) is 0. The number of piperazine rings is 1. The maximum atomic E-state index is 13.4. The van der Waals surface area contributed by atoms with Crippen molar-refractivity contribution >= 4 is 40.5 Å². The van der Waals surface area contributed by atoms with Gasteiger partial charge in [-0.25, -0.2) is 0 Å². The lowest BCUT2D eigenvalue weighted by molar-refractivity contribution is -0.384. The van der Waals surface area contributed by atoms with Gasteiger partial charge in [0.1, 0.15) is 0 Å². The first kappa shape index (κ1) is 23.9. The van der Waals surface area contributed by atoms with Gasteiger partial charge in [0.25, 0.3) is 11.6 Å². The number of nitro groups is 1. The summed E-state index contributed by atoms with van der Waals surface area (Å²) in [5.74, 6) is -0.425. The number of carbonyl (C=O) groups is 2. The second-order valence-electron chi connectivity index (χ2n) is 8.15. The molecule has 0 bridgehead atoms. The van der Waals surface area contributed by atoms with Crippen molar-refractivity contribution in [3.63, 3.8) is 0 Å². The molecule has 0 saturated carbocycles. The largest absolute Gasteiger partial charge is 0.378 e. The van der Waals surface area contributed by atoms with Gasteiger partial charge in [0.05, 0.1) is 46.6 Å². The van der Waals surface area contributed by atoms with E-state index in [2.05, 4.69) is 5.32 Å². The molecule has 0 aromatic heterocycles. The number of hydrogen-bond acceptors (Lipinski definition) is 7. The highest BCUT2D eigenvalue weighted by atomic mass is 35.5. The summed E-state index contributed by atoms with van der Waals surface area (Å²) in [6.45, 7) is 4.38. The van der Waals surface area contributed by atoms with E-state index >= 15 is 0 Å². The van der Waals surface area contributed by atoms with Crippen molar-refractivity contribution in [2.45, 2.75) is 0 Å². The number of anilines is 2. The van der Waals surface area contributed by atoms with Crippen LogP contribution in [0.5, 0.6) is 0 Å². The van der Waals surface area contributed by atoms with Crippen molar-refractivity contribution in [3.8, 4) is 0 Å². The molecule has 0 unspecified atom stereocenters. The van der Waals surface area contributed by atoms with Crippen molar-refractivity contribution < 1.29 is 19.2 Å². The fourth-order valence-corrected chi connectivity index (χ4v) is 4.31. The van der Waals surface area contributed by atoms with Crippen molar-refractivity contribution in [3.05, 3.63) is 63.2 Å². The molecule has 2 fully saturated rings. The Balaban J connectivity index is 1.40. The molecule has 2 aromatic rings. The van der Waals surface area contributed by atoms with Crippen LogP contribution in [-0.2, 0) is 9.53 Å². The molecule has 0 radical (unpaired) electrons. The lowest BCUT2D eigenvalue weighted by Crippen LogP contribution is -2.50. The number of hydrogen-bond donors (Lipinski definition) is 1.